The van der Waals surface area contributed by atoms with Crippen molar-refractivity contribution < 1.29 is 49.4 Å². The standard InChI is InChI=1S/C29H44FN3O9/c30-22-11-21(42-9-1-2-20-12-29(20)5-7-32(8-6-29)28(40)41)4-3-19(22)10-25(37)33-15-18(16-33)13-31-14-23(35)26(38)27(39)24(36)17-34/h3-4,11,18,20,23-24,26-27,31,34-36,38-39H,1-2,5-10,12-17H2,(H,40,41)/t20?,23-,24+,26+,27+/m0/s1. The van der Waals surface area contributed by atoms with E-state index in [0.29, 0.717) is 62.0 Å². The third-order valence-corrected chi connectivity index (χ3v) is 9.14. The van der Waals surface area contributed by atoms with Gasteiger partial charge in [-0.05, 0) is 55.1 Å². The van der Waals surface area contributed by atoms with Crippen LogP contribution in [0.3, 0.4) is 0 Å². The minimum absolute atomic E-state index is 0.0464. The molecule has 12 nitrogen and oxygen atoms in total. The van der Waals surface area contributed by atoms with Crippen molar-refractivity contribution in [1.82, 2.24) is 15.1 Å². The third kappa shape index (κ3) is 8.08. The summed E-state index contributed by atoms with van der Waals surface area (Å²) in [6.07, 6.45) is -2.28. The lowest BCUT2D eigenvalue weighted by Gasteiger charge is -2.39. The highest BCUT2D eigenvalue weighted by Crippen LogP contribution is 2.61. The molecule has 3 fully saturated rings. The van der Waals surface area contributed by atoms with Crippen molar-refractivity contribution in [2.75, 3.05) is 52.5 Å². The first-order valence-electron chi connectivity index (χ1n) is 14.7. The van der Waals surface area contributed by atoms with Gasteiger partial charge < -0.3 is 50.5 Å². The van der Waals surface area contributed by atoms with Gasteiger partial charge in [0.2, 0.25) is 5.91 Å². The zero-order valence-corrected chi connectivity index (χ0v) is 23.8. The van der Waals surface area contributed by atoms with Crippen LogP contribution >= 0.6 is 0 Å². The molecule has 3 aliphatic rings. The highest BCUT2D eigenvalue weighted by Gasteiger charge is 2.54. The van der Waals surface area contributed by atoms with Gasteiger partial charge in [-0.25, -0.2) is 9.18 Å². The van der Waals surface area contributed by atoms with E-state index in [4.69, 9.17) is 14.9 Å². The van der Waals surface area contributed by atoms with Crippen molar-refractivity contribution in [2.24, 2.45) is 17.3 Å². The molecule has 0 aromatic heterocycles. The van der Waals surface area contributed by atoms with Crippen LogP contribution in [0.15, 0.2) is 18.2 Å². The van der Waals surface area contributed by atoms with Crippen LogP contribution in [-0.2, 0) is 11.2 Å². The first kappa shape index (κ1) is 32.4. The maximum Gasteiger partial charge on any atom is 0.407 e. The van der Waals surface area contributed by atoms with Gasteiger partial charge in [0, 0.05) is 51.3 Å². The van der Waals surface area contributed by atoms with Crippen molar-refractivity contribution in [3.05, 3.63) is 29.6 Å². The van der Waals surface area contributed by atoms with E-state index in [0.717, 1.165) is 32.1 Å². The van der Waals surface area contributed by atoms with Crippen molar-refractivity contribution in [3.63, 3.8) is 0 Å². The molecule has 5 atom stereocenters. The average Bonchev–Trinajstić information content (AvgIpc) is 3.62. The molecule has 13 heteroatoms. The molecule has 1 aromatic carbocycles. The normalized spacial score (nSPS) is 22.8. The molecule has 2 heterocycles. The van der Waals surface area contributed by atoms with Crippen LogP contribution in [0, 0.1) is 23.1 Å². The Morgan fingerprint density at radius 2 is 1.76 bits per heavy atom. The largest absolute Gasteiger partial charge is 0.493 e. The number of aliphatic hydroxyl groups excluding tert-OH is 5. The molecule has 7 N–H and O–H groups in total. The number of rotatable bonds is 15. The lowest BCUT2D eigenvalue weighted by atomic mass is 9.90. The van der Waals surface area contributed by atoms with E-state index in [2.05, 4.69) is 5.32 Å². The SMILES string of the molecule is O=C(O)N1CCC2(CC1)CC2CCCOc1ccc(CC(=O)N2CC(CNC[C@H](O)[C@@H](O)[C@H](O)[C@H](O)CO)C2)c(F)c1. The Bertz CT molecular complexity index is 1060. The number of carbonyl (C=O) groups excluding carboxylic acids is 1. The first-order chi connectivity index (χ1) is 20.0. The van der Waals surface area contributed by atoms with Gasteiger partial charge in [-0.15, -0.1) is 0 Å². The molecule has 0 radical (unpaired) electrons. The summed E-state index contributed by atoms with van der Waals surface area (Å²) in [5, 5.41) is 59.7. The number of carboxylic acid groups (broad SMARTS) is 1. The van der Waals surface area contributed by atoms with Crippen molar-refractivity contribution in [3.8, 4) is 5.75 Å². The number of nitrogens with zero attached hydrogens (tertiary/aromatic N) is 2. The summed E-state index contributed by atoms with van der Waals surface area (Å²) in [5.41, 5.74) is 0.587. The number of nitrogens with one attached hydrogen (secondary N) is 1. The minimum Gasteiger partial charge on any atom is -0.493 e. The van der Waals surface area contributed by atoms with E-state index >= 15 is 0 Å². The van der Waals surface area contributed by atoms with Gasteiger partial charge in [0.1, 0.15) is 29.9 Å². The smallest absolute Gasteiger partial charge is 0.407 e. The Morgan fingerprint density at radius 3 is 2.40 bits per heavy atom. The second-order valence-electron chi connectivity index (χ2n) is 12.1. The summed E-state index contributed by atoms with van der Waals surface area (Å²) >= 11 is 0. The predicted octanol–water partition coefficient (Wildman–Crippen LogP) is -0.209. The fourth-order valence-electron chi connectivity index (χ4n) is 6.17. The molecule has 0 bridgehead atoms. The number of carbonyl (C=O) groups is 2. The summed E-state index contributed by atoms with van der Waals surface area (Å²) in [6, 6.07) is 4.55. The fraction of sp³-hybridized carbons (Fsp3) is 0.724. The molecular weight excluding hydrogens is 553 g/mol. The number of piperidine rings is 1. The quantitative estimate of drug-likeness (QED) is 0.134. The molecule has 1 aliphatic carbocycles. The number of aliphatic hydroxyl groups is 5. The van der Waals surface area contributed by atoms with Crippen molar-refractivity contribution in [1.29, 1.82) is 0 Å². The molecule has 2 aliphatic heterocycles. The van der Waals surface area contributed by atoms with Crippen LogP contribution in [0.2, 0.25) is 0 Å². The van der Waals surface area contributed by atoms with E-state index in [1.54, 1.807) is 17.0 Å². The number of amides is 2. The van der Waals surface area contributed by atoms with Gasteiger partial charge in [-0.1, -0.05) is 6.07 Å². The Labute approximate surface area is 244 Å². The van der Waals surface area contributed by atoms with Crippen LogP contribution in [-0.4, -0.2) is 129 Å². The summed E-state index contributed by atoms with van der Waals surface area (Å²) in [6.45, 7) is 2.29. The van der Waals surface area contributed by atoms with Gasteiger partial charge in [-0.2, -0.15) is 0 Å². The number of ether oxygens (including phenoxy) is 1. The second-order valence-corrected chi connectivity index (χ2v) is 12.1. The van der Waals surface area contributed by atoms with Gasteiger partial charge in [-0.3, -0.25) is 4.79 Å². The van der Waals surface area contributed by atoms with Crippen LogP contribution in [0.5, 0.6) is 5.75 Å². The maximum atomic E-state index is 14.7. The highest BCUT2D eigenvalue weighted by atomic mass is 19.1. The minimum atomic E-state index is -1.68. The molecule has 1 saturated carbocycles. The Hall–Kier alpha value is -2.55. The van der Waals surface area contributed by atoms with Gasteiger partial charge in [0.05, 0.1) is 25.7 Å². The molecule has 2 amide bonds. The zero-order valence-electron chi connectivity index (χ0n) is 23.8. The third-order valence-electron chi connectivity index (χ3n) is 9.14. The van der Waals surface area contributed by atoms with Gasteiger partial charge in [0.25, 0.3) is 0 Å². The topological polar surface area (TPSA) is 183 Å². The second kappa shape index (κ2) is 14.3. The Balaban J connectivity index is 1.08. The van der Waals surface area contributed by atoms with Crippen molar-refractivity contribution in [2.45, 2.75) is 62.9 Å². The van der Waals surface area contributed by atoms with Gasteiger partial charge in [0.15, 0.2) is 0 Å². The highest BCUT2D eigenvalue weighted by molar-refractivity contribution is 5.79. The fourth-order valence-corrected chi connectivity index (χ4v) is 6.17. The number of hydrogen-bond donors (Lipinski definition) is 7. The molecule has 1 unspecified atom stereocenters. The van der Waals surface area contributed by atoms with E-state index in [1.165, 1.54) is 11.0 Å². The Morgan fingerprint density at radius 1 is 1.07 bits per heavy atom. The molecule has 4 rings (SSSR count). The summed E-state index contributed by atoms with van der Waals surface area (Å²) in [4.78, 5) is 26.8. The molecule has 42 heavy (non-hydrogen) atoms. The van der Waals surface area contributed by atoms with Crippen molar-refractivity contribution >= 4 is 12.0 Å². The lowest BCUT2D eigenvalue weighted by molar-refractivity contribution is -0.136. The van der Waals surface area contributed by atoms with Gasteiger partial charge >= 0.3 is 6.09 Å². The predicted molar refractivity (Wildman–Crippen MR) is 148 cm³/mol. The van der Waals surface area contributed by atoms with E-state index < -0.39 is 42.9 Å². The van der Waals surface area contributed by atoms with Crippen LogP contribution in [0.4, 0.5) is 9.18 Å². The summed E-state index contributed by atoms with van der Waals surface area (Å²) < 4.78 is 20.4. The van der Waals surface area contributed by atoms with Crippen LogP contribution < -0.4 is 10.1 Å². The molecule has 1 spiro atoms. The summed E-state index contributed by atoms with van der Waals surface area (Å²) in [5.74, 6) is 0.458. The summed E-state index contributed by atoms with van der Waals surface area (Å²) in [7, 11) is 0. The lowest BCUT2D eigenvalue weighted by Crippen LogP contribution is -2.55. The van der Waals surface area contributed by atoms with E-state index in [-0.39, 0.29) is 24.8 Å². The maximum absolute atomic E-state index is 14.7. The molecule has 1 aromatic rings. The number of likely N-dealkylation sites (tertiary alicyclic amines) is 2. The van der Waals surface area contributed by atoms with E-state index in [1.807, 2.05) is 0 Å². The van der Waals surface area contributed by atoms with Crippen LogP contribution in [0.1, 0.15) is 37.7 Å². The Kier molecular flexibility index (Phi) is 11.0. The molecule has 236 valence electrons. The van der Waals surface area contributed by atoms with Crippen LogP contribution in [0.25, 0.3) is 0 Å². The number of halogens is 1. The molecule has 2 saturated heterocycles. The monoisotopic (exact) mass is 597 g/mol. The average molecular weight is 598 g/mol. The molecular formula is C29H44FN3O9. The first-order valence-corrected chi connectivity index (χ1v) is 14.7. The number of benzene rings is 1. The number of hydrogen-bond acceptors (Lipinski definition) is 9. The zero-order chi connectivity index (χ0) is 30.4. The van der Waals surface area contributed by atoms with E-state index in [9.17, 15) is 34.4 Å².